The minimum Gasteiger partial charge on any atom is -0.481 e. The molecule has 7 nitrogen and oxygen atoms in total. The number of likely N-dealkylation sites (tertiary alicyclic amines) is 1. The standard InChI is InChI=1S/C18H19N3O4/c22-16(15-2-1-9-19-15)20-14-5-3-12(4-6-14)17(23)21-10-7-13(8-11-21)18(24)25/h1-6,9,13,19H,7-8,10-11H2,(H,20,22)(H,24,25). The molecule has 3 rings (SSSR count). The Kier molecular flexibility index (Phi) is 4.83. The Hall–Kier alpha value is -3.09. The lowest BCUT2D eigenvalue weighted by Crippen LogP contribution is -2.40. The minimum absolute atomic E-state index is 0.119. The molecule has 2 amide bonds. The molecule has 0 spiro atoms. The normalized spacial score (nSPS) is 15.0. The maximum absolute atomic E-state index is 12.5. The predicted octanol–water partition coefficient (Wildman–Crippen LogP) is 2.20. The zero-order valence-electron chi connectivity index (χ0n) is 13.6. The average molecular weight is 341 g/mol. The van der Waals surface area contributed by atoms with Crippen LogP contribution in [0.15, 0.2) is 42.6 Å². The SMILES string of the molecule is O=C(Nc1ccc(C(=O)N2CCC(C(=O)O)CC2)cc1)c1ccc[nH]1. The van der Waals surface area contributed by atoms with Crippen LogP contribution in [0.1, 0.15) is 33.7 Å². The number of rotatable bonds is 4. The number of nitrogens with one attached hydrogen (secondary N) is 2. The summed E-state index contributed by atoms with van der Waals surface area (Å²) in [5, 5.41) is 11.8. The number of piperidine rings is 1. The molecule has 0 bridgehead atoms. The smallest absolute Gasteiger partial charge is 0.306 e. The van der Waals surface area contributed by atoms with E-state index < -0.39 is 5.97 Å². The van der Waals surface area contributed by atoms with Gasteiger partial charge in [0.2, 0.25) is 0 Å². The lowest BCUT2D eigenvalue weighted by atomic mass is 9.96. The van der Waals surface area contributed by atoms with Crippen LogP contribution in [0.2, 0.25) is 0 Å². The molecule has 130 valence electrons. The Morgan fingerprint density at radius 2 is 1.76 bits per heavy atom. The van der Waals surface area contributed by atoms with Gasteiger partial charge in [-0.15, -0.1) is 0 Å². The van der Waals surface area contributed by atoms with E-state index in [0.29, 0.717) is 42.9 Å². The van der Waals surface area contributed by atoms with Gasteiger partial charge in [-0.25, -0.2) is 0 Å². The number of carboxylic acid groups (broad SMARTS) is 1. The van der Waals surface area contributed by atoms with Gasteiger partial charge in [-0.2, -0.15) is 0 Å². The highest BCUT2D eigenvalue weighted by Gasteiger charge is 2.27. The molecule has 2 aromatic rings. The van der Waals surface area contributed by atoms with Gasteiger partial charge in [0.05, 0.1) is 5.92 Å². The van der Waals surface area contributed by atoms with Crippen molar-refractivity contribution in [3.8, 4) is 0 Å². The number of carbonyl (C=O) groups is 3. The fourth-order valence-corrected chi connectivity index (χ4v) is 2.88. The lowest BCUT2D eigenvalue weighted by molar-refractivity contribution is -0.143. The van der Waals surface area contributed by atoms with Crippen LogP contribution in [0.25, 0.3) is 0 Å². The highest BCUT2D eigenvalue weighted by Crippen LogP contribution is 2.20. The van der Waals surface area contributed by atoms with Crippen molar-refractivity contribution in [1.29, 1.82) is 0 Å². The van der Waals surface area contributed by atoms with E-state index in [1.165, 1.54) is 0 Å². The number of hydrogen-bond acceptors (Lipinski definition) is 3. The van der Waals surface area contributed by atoms with Gasteiger partial charge in [-0.1, -0.05) is 0 Å². The lowest BCUT2D eigenvalue weighted by Gasteiger charge is -2.30. The number of aromatic amines is 1. The predicted molar refractivity (Wildman–Crippen MR) is 91.5 cm³/mol. The van der Waals surface area contributed by atoms with Gasteiger partial charge in [0.1, 0.15) is 5.69 Å². The highest BCUT2D eigenvalue weighted by atomic mass is 16.4. The summed E-state index contributed by atoms with van der Waals surface area (Å²) in [5.74, 6) is -1.53. The Labute approximate surface area is 144 Å². The number of aromatic nitrogens is 1. The second kappa shape index (κ2) is 7.21. The molecule has 0 atom stereocenters. The summed E-state index contributed by atoms with van der Waals surface area (Å²) in [5.41, 5.74) is 1.58. The number of anilines is 1. The number of hydrogen-bond donors (Lipinski definition) is 3. The van der Waals surface area contributed by atoms with Crippen molar-refractivity contribution in [2.45, 2.75) is 12.8 Å². The first-order chi connectivity index (χ1) is 12.0. The van der Waals surface area contributed by atoms with Gasteiger partial charge in [0, 0.05) is 30.5 Å². The summed E-state index contributed by atoms with van der Waals surface area (Å²) in [6.45, 7) is 0.891. The monoisotopic (exact) mass is 341 g/mol. The zero-order chi connectivity index (χ0) is 17.8. The van der Waals surface area contributed by atoms with E-state index in [1.54, 1.807) is 47.5 Å². The maximum Gasteiger partial charge on any atom is 0.306 e. The number of nitrogens with zero attached hydrogens (tertiary/aromatic N) is 1. The second-order valence-corrected chi connectivity index (χ2v) is 6.02. The Balaban J connectivity index is 1.59. The molecule has 0 saturated carbocycles. The van der Waals surface area contributed by atoms with E-state index in [1.807, 2.05) is 0 Å². The van der Waals surface area contributed by atoms with Gasteiger partial charge in [0.15, 0.2) is 0 Å². The van der Waals surface area contributed by atoms with Gasteiger partial charge in [0.25, 0.3) is 11.8 Å². The highest BCUT2D eigenvalue weighted by molar-refractivity contribution is 6.03. The third-order valence-electron chi connectivity index (χ3n) is 4.36. The maximum atomic E-state index is 12.5. The molecular weight excluding hydrogens is 322 g/mol. The zero-order valence-corrected chi connectivity index (χ0v) is 13.6. The van der Waals surface area contributed by atoms with Crippen molar-refractivity contribution in [2.75, 3.05) is 18.4 Å². The third kappa shape index (κ3) is 3.88. The second-order valence-electron chi connectivity index (χ2n) is 6.02. The van der Waals surface area contributed by atoms with Crippen LogP contribution in [0.3, 0.4) is 0 Å². The van der Waals surface area contributed by atoms with E-state index in [-0.39, 0.29) is 17.7 Å². The van der Waals surface area contributed by atoms with E-state index in [2.05, 4.69) is 10.3 Å². The van der Waals surface area contributed by atoms with E-state index in [0.717, 1.165) is 0 Å². The van der Waals surface area contributed by atoms with Crippen molar-refractivity contribution < 1.29 is 19.5 Å². The van der Waals surface area contributed by atoms with Crippen LogP contribution in [0.5, 0.6) is 0 Å². The molecule has 1 aromatic carbocycles. The molecule has 0 radical (unpaired) electrons. The number of amides is 2. The number of aliphatic carboxylic acids is 1. The Bertz CT molecular complexity index is 760. The molecule has 1 fully saturated rings. The Morgan fingerprint density at radius 1 is 1.08 bits per heavy atom. The summed E-state index contributed by atoms with van der Waals surface area (Å²) in [7, 11) is 0. The van der Waals surface area contributed by atoms with Crippen LogP contribution >= 0.6 is 0 Å². The molecule has 0 unspecified atom stereocenters. The molecule has 1 aromatic heterocycles. The van der Waals surface area contributed by atoms with Crippen LogP contribution in [0.4, 0.5) is 5.69 Å². The van der Waals surface area contributed by atoms with Crippen molar-refractivity contribution >= 4 is 23.5 Å². The molecule has 25 heavy (non-hydrogen) atoms. The summed E-state index contributed by atoms with van der Waals surface area (Å²) in [4.78, 5) is 39.9. The van der Waals surface area contributed by atoms with Crippen LogP contribution in [-0.2, 0) is 4.79 Å². The van der Waals surface area contributed by atoms with Crippen molar-refractivity contribution in [1.82, 2.24) is 9.88 Å². The van der Waals surface area contributed by atoms with Crippen LogP contribution in [0, 0.1) is 5.92 Å². The molecule has 1 aliphatic heterocycles. The minimum atomic E-state index is -0.797. The quantitative estimate of drug-likeness (QED) is 0.793. The topological polar surface area (TPSA) is 102 Å². The first-order valence-corrected chi connectivity index (χ1v) is 8.11. The Morgan fingerprint density at radius 3 is 2.32 bits per heavy atom. The number of H-pyrrole nitrogens is 1. The van der Waals surface area contributed by atoms with E-state index in [4.69, 9.17) is 5.11 Å². The first-order valence-electron chi connectivity index (χ1n) is 8.11. The van der Waals surface area contributed by atoms with Crippen molar-refractivity contribution in [3.63, 3.8) is 0 Å². The molecule has 1 aliphatic rings. The van der Waals surface area contributed by atoms with Gasteiger partial charge >= 0.3 is 5.97 Å². The largest absolute Gasteiger partial charge is 0.481 e. The van der Waals surface area contributed by atoms with Gasteiger partial charge in [-0.3, -0.25) is 14.4 Å². The van der Waals surface area contributed by atoms with E-state index in [9.17, 15) is 14.4 Å². The summed E-state index contributed by atoms with van der Waals surface area (Å²) >= 11 is 0. The van der Waals surface area contributed by atoms with Crippen molar-refractivity contribution in [3.05, 3.63) is 53.9 Å². The van der Waals surface area contributed by atoms with Crippen molar-refractivity contribution in [2.24, 2.45) is 5.92 Å². The fourth-order valence-electron chi connectivity index (χ4n) is 2.88. The number of carbonyl (C=O) groups excluding carboxylic acids is 2. The number of benzene rings is 1. The fraction of sp³-hybridized carbons (Fsp3) is 0.278. The summed E-state index contributed by atoms with van der Waals surface area (Å²) < 4.78 is 0. The number of carboxylic acids is 1. The van der Waals surface area contributed by atoms with Gasteiger partial charge < -0.3 is 20.3 Å². The average Bonchev–Trinajstić information content (AvgIpc) is 3.17. The summed E-state index contributed by atoms with van der Waals surface area (Å²) in [6.07, 6.45) is 2.63. The molecule has 7 heteroatoms. The van der Waals surface area contributed by atoms with Crippen LogP contribution < -0.4 is 5.32 Å². The third-order valence-corrected chi connectivity index (χ3v) is 4.36. The molecule has 3 N–H and O–H groups in total. The van der Waals surface area contributed by atoms with Gasteiger partial charge in [-0.05, 0) is 49.2 Å². The van der Waals surface area contributed by atoms with Crippen LogP contribution in [-0.4, -0.2) is 45.9 Å². The summed E-state index contributed by atoms with van der Waals surface area (Å²) in [6, 6.07) is 10.1. The molecule has 1 saturated heterocycles. The molecular formula is C18H19N3O4. The van der Waals surface area contributed by atoms with E-state index >= 15 is 0 Å². The molecule has 2 heterocycles. The first kappa shape index (κ1) is 16.8. The molecule has 0 aliphatic carbocycles.